The van der Waals surface area contributed by atoms with E-state index in [9.17, 15) is 0 Å². The van der Waals surface area contributed by atoms with E-state index >= 15 is 0 Å². The summed E-state index contributed by atoms with van der Waals surface area (Å²) in [6.07, 6.45) is 5.75. The molecule has 1 unspecified atom stereocenters. The van der Waals surface area contributed by atoms with Crippen LogP contribution in [0.25, 0.3) is 0 Å². The number of rotatable bonds is 5. The van der Waals surface area contributed by atoms with E-state index in [2.05, 4.69) is 31.2 Å². The first kappa shape index (κ1) is 11.0. The van der Waals surface area contributed by atoms with Crippen LogP contribution in [-0.4, -0.2) is 38.1 Å². The van der Waals surface area contributed by atoms with Crippen LogP contribution in [0.4, 0.5) is 0 Å². The van der Waals surface area contributed by atoms with E-state index in [1.54, 1.807) is 0 Å². The molecule has 1 saturated carbocycles. The van der Waals surface area contributed by atoms with Crippen molar-refractivity contribution in [3.63, 3.8) is 0 Å². The van der Waals surface area contributed by atoms with Crippen molar-refractivity contribution in [3.05, 3.63) is 0 Å². The first-order chi connectivity index (χ1) is 6.27. The van der Waals surface area contributed by atoms with Gasteiger partial charge in [-0.15, -0.1) is 0 Å². The zero-order chi connectivity index (χ0) is 9.68. The average Bonchev–Trinajstić information content (AvgIpc) is 2.66. The largest absolute Gasteiger partial charge is 0.315 e. The van der Waals surface area contributed by atoms with Crippen LogP contribution in [0, 0.1) is 5.92 Å². The lowest BCUT2D eigenvalue weighted by atomic mass is 9.98. The van der Waals surface area contributed by atoms with E-state index in [-0.39, 0.29) is 0 Å². The molecule has 0 heterocycles. The summed E-state index contributed by atoms with van der Waals surface area (Å²) < 4.78 is 0. The van der Waals surface area contributed by atoms with Crippen molar-refractivity contribution in [2.45, 2.75) is 38.6 Å². The molecule has 0 saturated heterocycles. The molecule has 13 heavy (non-hydrogen) atoms. The van der Waals surface area contributed by atoms with Gasteiger partial charge in [-0.05, 0) is 39.4 Å². The van der Waals surface area contributed by atoms with E-state index in [1.807, 2.05) is 0 Å². The van der Waals surface area contributed by atoms with Crippen LogP contribution in [0.1, 0.15) is 32.6 Å². The van der Waals surface area contributed by atoms with Crippen molar-refractivity contribution >= 4 is 0 Å². The molecule has 1 aliphatic rings. The zero-order valence-electron chi connectivity index (χ0n) is 9.34. The van der Waals surface area contributed by atoms with Crippen molar-refractivity contribution in [1.29, 1.82) is 0 Å². The number of likely N-dealkylation sites (N-methyl/N-ethyl adjacent to an activating group) is 2. The predicted octanol–water partition coefficient (Wildman–Crippen LogP) is 1.72. The monoisotopic (exact) mass is 184 g/mol. The summed E-state index contributed by atoms with van der Waals surface area (Å²) in [6.45, 7) is 4.59. The molecule has 1 rings (SSSR count). The van der Waals surface area contributed by atoms with Crippen LogP contribution >= 0.6 is 0 Å². The molecule has 1 atom stereocenters. The molecule has 0 spiro atoms. The Morgan fingerprint density at radius 1 is 1.38 bits per heavy atom. The maximum Gasteiger partial charge on any atom is 0.0220 e. The van der Waals surface area contributed by atoms with Gasteiger partial charge in [0.15, 0.2) is 0 Å². The molecule has 0 bridgehead atoms. The second kappa shape index (κ2) is 5.61. The third kappa shape index (κ3) is 3.28. The molecular formula is C11H24N2. The summed E-state index contributed by atoms with van der Waals surface area (Å²) in [5.74, 6) is 0.930. The Morgan fingerprint density at radius 3 is 2.46 bits per heavy atom. The molecule has 0 aliphatic heterocycles. The Kier molecular flexibility index (Phi) is 4.74. The highest BCUT2D eigenvalue weighted by atomic mass is 15.1. The van der Waals surface area contributed by atoms with Crippen molar-refractivity contribution in [1.82, 2.24) is 10.2 Å². The van der Waals surface area contributed by atoms with Gasteiger partial charge in [0.1, 0.15) is 0 Å². The van der Waals surface area contributed by atoms with Crippen LogP contribution < -0.4 is 5.32 Å². The smallest absolute Gasteiger partial charge is 0.0220 e. The molecule has 0 aromatic rings. The van der Waals surface area contributed by atoms with Gasteiger partial charge in [-0.1, -0.05) is 19.8 Å². The Labute approximate surface area is 82.7 Å². The third-order valence-corrected chi connectivity index (χ3v) is 3.39. The zero-order valence-corrected chi connectivity index (χ0v) is 9.34. The number of hydrogen-bond donors (Lipinski definition) is 1. The second-order valence-corrected chi connectivity index (χ2v) is 4.29. The lowest BCUT2D eigenvalue weighted by molar-refractivity contribution is 0.257. The highest BCUT2D eigenvalue weighted by molar-refractivity contribution is 4.81. The van der Waals surface area contributed by atoms with Crippen LogP contribution in [0.2, 0.25) is 0 Å². The maximum atomic E-state index is 3.47. The fourth-order valence-electron chi connectivity index (χ4n) is 2.30. The molecule has 1 N–H and O–H groups in total. The summed E-state index contributed by atoms with van der Waals surface area (Å²) in [4.78, 5) is 2.40. The van der Waals surface area contributed by atoms with Crippen LogP contribution in [0.15, 0.2) is 0 Å². The lowest BCUT2D eigenvalue weighted by Gasteiger charge is -2.27. The highest BCUT2D eigenvalue weighted by Gasteiger charge is 2.24. The first-order valence-corrected chi connectivity index (χ1v) is 5.63. The normalized spacial score (nSPS) is 21.2. The van der Waals surface area contributed by atoms with E-state index in [0.29, 0.717) is 6.04 Å². The molecular weight excluding hydrogens is 160 g/mol. The van der Waals surface area contributed by atoms with Crippen LogP contribution in [-0.2, 0) is 0 Å². The average molecular weight is 184 g/mol. The van der Waals surface area contributed by atoms with Gasteiger partial charge in [0.25, 0.3) is 0 Å². The molecule has 0 aromatic heterocycles. The van der Waals surface area contributed by atoms with Crippen molar-refractivity contribution < 1.29 is 0 Å². The number of hydrogen-bond acceptors (Lipinski definition) is 2. The summed E-state index contributed by atoms with van der Waals surface area (Å²) >= 11 is 0. The maximum absolute atomic E-state index is 3.47. The van der Waals surface area contributed by atoms with E-state index in [4.69, 9.17) is 0 Å². The van der Waals surface area contributed by atoms with Gasteiger partial charge < -0.3 is 10.2 Å². The van der Waals surface area contributed by atoms with Gasteiger partial charge in [-0.2, -0.15) is 0 Å². The molecule has 0 aromatic carbocycles. The summed E-state index contributed by atoms with van der Waals surface area (Å²) in [5, 5.41) is 3.47. The van der Waals surface area contributed by atoms with Crippen molar-refractivity contribution in [2.24, 2.45) is 5.92 Å². The minimum absolute atomic E-state index is 0.715. The predicted molar refractivity (Wildman–Crippen MR) is 58.0 cm³/mol. The molecule has 2 heteroatoms. The van der Waals surface area contributed by atoms with Gasteiger partial charge in [0.05, 0.1) is 0 Å². The van der Waals surface area contributed by atoms with Crippen molar-refractivity contribution in [3.8, 4) is 0 Å². The Balaban J connectivity index is 2.32. The molecule has 1 aliphatic carbocycles. The van der Waals surface area contributed by atoms with Gasteiger partial charge in [0, 0.05) is 12.6 Å². The Morgan fingerprint density at radius 2 is 2.00 bits per heavy atom. The fourth-order valence-corrected chi connectivity index (χ4v) is 2.30. The Hall–Kier alpha value is -0.0800. The van der Waals surface area contributed by atoms with E-state index in [0.717, 1.165) is 12.5 Å². The molecule has 0 radical (unpaired) electrons. The standard InChI is InChI=1S/C11H24N2/c1-4-13(3)9-11(12-2)10-7-5-6-8-10/h10-12H,4-9H2,1-3H3. The summed E-state index contributed by atoms with van der Waals surface area (Å²) in [5.41, 5.74) is 0. The highest BCUT2D eigenvalue weighted by Crippen LogP contribution is 2.27. The van der Waals surface area contributed by atoms with E-state index < -0.39 is 0 Å². The molecule has 2 nitrogen and oxygen atoms in total. The molecule has 78 valence electrons. The third-order valence-electron chi connectivity index (χ3n) is 3.39. The topological polar surface area (TPSA) is 15.3 Å². The van der Waals surface area contributed by atoms with Crippen LogP contribution in [0.3, 0.4) is 0 Å². The number of nitrogens with one attached hydrogen (secondary N) is 1. The second-order valence-electron chi connectivity index (χ2n) is 4.29. The van der Waals surface area contributed by atoms with Gasteiger partial charge in [-0.25, -0.2) is 0 Å². The summed E-state index contributed by atoms with van der Waals surface area (Å²) in [7, 11) is 4.31. The van der Waals surface area contributed by atoms with Crippen LogP contribution in [0.5, 0.6) is 0 Å². The molecule has 0 amide bonds. The first-order valence-electron chi connectivity index (χ1n) is 5.63. The quantitative estimate of drug-likeness (QED) is 0.700. The fraction of sp³-hybridized carbons (Fsp3) is 1.00. The van der Waals surface area contributed by atoms with Gasteiger partial charge in [-0.3, -0.25) is 0 Å². The minimum atomic E-state index is 0.715. The SMILES string of the molecule is CCN(C)CC(NC)C1CCCC1. The van der Waals surface area contributed by atoms with Crippen molar-refractivity contribution in [2.75, 3.05) is 27.2 Å². The lowest BCUT2D eigenvalue weighted by Crippen LogP contribution is -2.42. The number of nitrogens with zero attached hydrogens (tertiary/aromatic N) is 1. The molecule has 1 fully saturated rings. The minimum Gasteiger partial charge on any atom is -0.315 e. The summed E-state index contributed by atoms with van der Waals surface area (Å²) in [6, 6.07) is 0.715. The Bertz CT molecular complexity index is 130. The van der Waals surface area contributed by atoms with Gasteiger partial charge in [0.2, 0.25) is 0 Å². The van der Waals surface area contributed by atoms with E-state index in [1.165, 1.54) is 32.2 Å². The van der Waals surface area contributed by atoms with Gasteiger partial charge >= 0.3 is 0 Å².